The number of hydrogen-bond donors (Lipinski definition) is 4. The van der Waals surface area contributed by atoms with E-state index in [0.717, 1.165) is 0 Å². The summed E-state index contributed by atoms with van der Waals surface area (Å²) >= 11 is 0. The Hall–Kier alpha value is -1.28. The van der Waals surface area contributed by atoms with E-state index in [1.165, 1.54) is 0 Å². The molecule has 1 atom stereocenters. The Bertz CT molecular complexity index is 343. The number of nitrogens with one attached hydrogen (secondary N) is 3. The molecule has 5 nitrogen and oxygen atoms in total. The molecule has 0 aliphatic carbocycles. The van der Waals surface area contributed by atoms with E-state index in [1.807, 2.05) is 0 Å². The first-order valence-corrected chi connectivity index (χ1v) is 6.73. The Morgan fingerprint density at radius 2 is 1.95 bits per heavy atom. The van der Waals surface area contributed by atoms with Gasteiger partial charge in [0.05, 0.1) is 13.2 Å². The third kappa shape index (κ3) is 7.91. The fourth-order valence-electron chi connectivity index (χ4n) is 1.88. The molecule has 0 bridgehead atoms. The molecule has 8 heteroatoms. The molecule has 0 aromatic rings. The van der Waals surface area contributed by atoms with E-state index in [4.69, 9.17) is 5.73 Å². The summed E-state index contributed by atoms with van der Waals surface area (Å²) in [6, 6.07) is 0. The second-order valence-corrected chi connectivity index (χ2v) is 5.30. The van der Waals surface area contributed by atoms with Crippen LogP contribution in [-0.4, -0.2) is 38.9 Å². The maximum Gasteiger partial charge on any atom is 0.401 e. The second-order valence-electron chi connectivity index (χ2n) is 5.30. The van der Waals surface area contributed by atoms with Crippen LogP contribution in [0.25, 0.3) is 0 Å². The number of allylic oxidation sites excluding steroid dienone is 1. The molecular weight excluding hydrogens is 285 g/mol. The van der Waals surface area contributed by atoms with Crippen molar-refractivity contribution in [2.24, 2.45) is 17.1 Å². The average molecular weight is 310 g/mol. The number of halogens is 3. The first-order valence-electron chi connectivity index (χ1n) is 6.73. The van der Waals surface area contributed by atoms with Gasteiger partial charge in [0.1, 0.15) is 0 Å². The molecule has 0 aliphatic heterocycles. The van der Waals surface area contributed by atoms with Gasteiger partial charge in [-0.2, -0.15) is 13.2 Å². The third-order valence-electron chi connectivity index (χ3n) is 3.29. The molecule has 0 aliphatic rings. The van der Waals surface area contributed by atoms with Gasteiger partial charge in [0.25, 0.3) is 0 Å². The summed E-state index contributed by atoms with van der Waals surface area (Å²) in [7, 11) is 1.72. The SMILES string of the molecule is CN/C=C\CC(CNCC(F)(F)F)C(C)(C)C(=O)NCN. The normalized spacial score (nSPS) is 14.2. The molecule has 0 rings (SSSR count). The molecule has 0 fully saturated rings. The van der Waals surface area contributed by atoms with Gasteiger partial charge in [-0.05, 0) is 25.1 Å². The molecule has 1 amide bonds. The van der Waals surface area contributed by atoms with Gasteiger partial charge in [0, 0.05) is 12.5 Å². The first-order chi connectivity index (χ1) is 9.65. The van der Waals surface area contributed by atoms with Crippen LogP contribution in [0.2, 0.25) is 0 Å². The fourth-order valence-corrected chi connectivity index (χ4v) is 1.88. The van der Waals surface area contributed by atoms with Gasteiger partial charge in [-0.3, -0.25) is 4.79 Å². The van der Waals surface area contributed by atoms with Crippen molar-refractivity contribution in [2.75, 3.05) is 26.8 Å². The zero-order valence-corrected chi connectivity index (χ0v) is 12.7. The van der Waals surface area contributed by atoms with Crippen LogP contribution >= 0.6 is 0 Å². The number of carbonyl (C=O) groups is 1. The quantitative estimate of drug-likeness (QED) is 0.478. The zero-order valence-electron chi connectivity index (χ0n) is 12.7. The zero-order chi connectivity index (χ0) is 16.5. The van der Waals surface area contributed by atoms with Crippen LogP contribution in [0, 0.1) is 11.3 Å². The monoisotopic (exact) mass is 310 g/mol. The minimum atomic E-state index is -4.27. The van der Waals surface area contributed by atoms with Crippen LogP contribution in [-0.2, 0) is 4.79 Å². The van der Waals surface area contributed by atoms with Crippen molar-refractivity contribution in [1.82, 2.24) is 16.0 Å². The summed E-state index contributed by atoms with van der Waals surface area (Å²) in [4.78, 5) is 12.0. The summed E-state index contributed by atoms with van der Waals surface area (Å²) in [5.74, 6) is -0.572. The van der Waals surface area contributed by atoms with E-state index in [1.54, 1.807) is 33.2 Å². The van der Waals surface area contributed by atoms with Crippen molar-refractivity contribution >= 4 is 5.91 Å². The number of amides is 1. The van der Waals surface area contributed by atoms with E-state index >= 15 is 0 Å². The maximum atomic E-state index is 12.2. The highest BCUT2D eigenvalue weighted by Gasteiger charge is 2.36. The summed E-state index contributed by atoms with van der Waals surface area (Å²) in [5.41, 5.74) is 4.45. The molecular formula is C13H25F3N4O. The average Bonchev–Trinajstić information content (AvgIpc) is 2.36. The van der Waals surface area contributed by atoms with Crippen LogP contribution in [0.5, 0.6) is 0 Å². The molecule has 0 saturated heterocycles. The van der Waals surface area contributed by atoms with Gasteiger partial charge in [-0.25, -0.2) is 0 Å². The van der Waals surface area contributed by atoms with E-state index in [9.17, 15) is 18.0 Å². The predicted molar refractivity (Wildman–Crippen MR) is 76.2 cm³/mol. The Morgan fingerprint density at radius 1 is 1.33 bits per heavy atom. The Balaban J connectivity index is 4.78. The summed E-state index contributed by atoms with van der Waals surface area (Å²) < 4.78 is 36.6. The standard InChI is InChI=1S/C13H25F3N4O/c1-12(2,11(21)20-9-17)10(5-4-6-18-3)7-19-8-13(14,15)16/h4,6,10,18-19H,5,7-9,17H2,1-3H3,(H,20,21)/b6-4-. The van der Waals surface area contributed by atoms with Crippen LogP contribution in [0.4, 0.5) is 13.2 Å². The fraction of sp³-hybridized carbons (Fsp3) is 0.769. The molecule has 5 N–H and O–H groups in total. The minimum Gasteiger partial charge on any atom is -0.394 e. The van der Waals surface area contributed by atoms with Crippen molar-refractivity contribution in [1.29, 1.82) is 0 Å². The van der Waals surface area contributed by atoms with E-state index in [0.29, 0.717) is 6.42 Å². The van der Waals surface area contributed by atoms with Gasteiger partial charge < -0.3 is 21.7 Å². The summed E-state index contributed by atoms with van der Waals surface area (Å²) in [6.45, 7) is 2.40. The van der Waals surface area contributed by atoms with Crippen molar-refractivity contribution in [3.05, 3.63) is 12.3 Å². The van der Waals surface area contributed by atoms with Crippen LogP contribution in [0.15, 0.2) is 12.3 Å². The number of alkyl halides is 3. The highest BCUT2D eigenvalue weighted by Crippen LogP contribution is 2.30. The molecule has 0 spiro atoms. The van der Waals surface area contributed by atoms with Gasteiger partial charge in [0.15, 0.2) is 0 Å². The largest absolute Gasteiger partial charge is 0.401 e. The lowest BCUT2D eigenvalue weighted by atomic mass is 9.76. The molecule has 0 aromatic carbocycles. The van der Waals surface area contributed by atoms with Crippen molar-refractivity contribution in [3.63, 3.8) is 0 Å². The van der Waals surface area contributed by atoms with Gasteiger partial charge in [0.2, 0.25) is 5.91 Å². The first kappa shape index (κ1) is 19.7. The Morgan fingerprint density at radius 3 is 2.43 bits per heavy atom. The maximum absolute atomic E-state index is 12.2. The molecule has 0 radical (unpaired) electrons. The summed E-state index contributed by atoms with van der Waals surface area (Å²) in [5, 5.41) is 7.69. The van der Waals surface area contributed by atoms with Crippen molar-refractivity contribution in [2.45, 2.75) is 26.4 Å². The van der Waals surface area contributed by atoms with E-state index in [2.05, 4.69) is 16.0 Å². The Kier molecular flexibility index (Phi) is 8.34. The summed E-state index contributed by atoms with van der Waals surface area (Å²) in [6.07, 6.45) is -0.323. The van der Waals surface area contributed by atoms with Gasteiger partial charge >= 0.3 is 6.18 Å². The topological polar surface area (TPSA) is 79.2 Å². The van der Waals surface area contributed by atoms with Crippen LogP contribution in [0.3, 0.4) is 0 Å². The second kappa shape index (κ2) is 8.89. The molecule has 21 heavy (non-hydrogen) atoms. The van der Waals surface area contributed by atoms with Gasteiger partial charge in [-0.1, -0.05) is 19.9 Å². The smallest absolute Gasteiger partial charge is 0.394 e. The lowest BCUT2D eigenvalue weighted by molar-refractivity contribution is -0.132. The Labute approximate surface area is 123 Å². The lowest BCUT2D eigenvalue weighted by Crippen LogP contribution is -2.47. The van der Waals surface area contributed by atoms with Crippen LogP contribution in [0.1, 0.15) is 20.3 Å². The van der Waals surface area contributed by atoms with Gasteiger partial charge in [-0.15, -0.1) is 0 Å². The molecule has 1 unspecified atom stereocenters. The molecule has 0 aromatic heterocycles. The van der Waals surface area contributed by atoms with Crippen molar-refractivity contribution < 1.29 is 18.0 Å². The van der Waals surface area contributed by atoms with Crippen LogP contribution < -0.4 is 21.7 Å². The number of carbonyl (C=O) groups excluding carboxylic acids is 1. The minimum absolute atomic E-state index is 0.00266. The molecule has 124 valence electrons. The highest BCUT2D eigenvalue weighted by molar-refractivity contribution is 5.82. The van der Waals surface area contributed by atoms with E-state index < -0.39 is 18.1 Å². The number of rotatable bonds is 9. The lowest BCUT2D eigenvalue weighted by Gasteiger charge is -2.32. The molecule has 0 saturated carbocycles. The third-order valence-corrected chi connectivity index (χ3v) is 3.29. The number of hydrogen-bond acceptors (Lipinski definition) is 4. The number of nitrogens with two attached hydrogens (primary N) is 1. The highest BCUT2D eigenvalue weighted by atomic mass is 19.4. The molecule has 0 heterocycles. The van der Waals surface area contributed by atoms with E-state index in [-0.39, 0.29) is 25.0 Å². The predicted octanol–water partition coefficient (Wildman–Crippen LogP) is 0.936. The van der Waals surface area contributed by atoms with Crippen molar-refractivity contribution in [3.8, 4) is 0 Å².